The maximum atomic E-state index is 4.70. The highest BCUT2D eigenvalue weighted by molar-refractivity contribution is 6.05. The molecule has 0 aromatic rings. The molecule has 0 aliphatic carbocycles. The van der Waals surface area contributed by atoms with Gasteiger partial charge in [-0.25, -0.2) is 4.99 Å². The summed E-state index contributed by atoms with van der Waals surface area (Å²) >= 11 is 0. The number of rotatable bonds is 5. The second kappa shape index (κ2) is 8.52. The van der Waals surface area contributed by atoms with Gasteiger partial charge in [-0.2, -0.15) is 0 Å². The van der Waals surface area contributed by atoms with Gasteiger partial charge >= 0.3 is 0 Å². The fourth-order valence-electron chi connectivity index (χ4n) is 3.24. The zero-order chi connectivity index (χ0) is 17.7. The van der Waals surface area contributed by atoms with E-state index in [0.29, 0.717) is 17.9 Å². The highest BCUT2D eigenvalue weighted by Crippen LogP contribution is 2.33. The van der Waals surface area contributed by atoms with Gasteiger partial charge in [0.05, 0.1) is 0 Å². The van der Waals surface area contributed by atoms with Crippen LogP contribution in [0.1, 0.15) is 48.0 Å². The van der Waals surface area contributed by atoms with Crippen LogP contribution in [0.15, 0.2) is 40.3 Å². The fourth-order valence-corrected chi connectivity index (χ4v) is 3.24. The molecule has 4 heteroatoms. The fraction of sp³-hybridized carbons (Fsp3) is 0.650. The van der Waals surface area contributed by atoms with Gasteiger partial charge < -0.3 is 15.5 Å². The van der Waals surface area contributed by atoms with Crippen molar-refractivity contribution in [2.45, 2.75) is 54.0 Å². The smallest absolute Gasteiger partial charge is 0.139 e. The first-order chi connectivity index (χ1) is 11.5. The zero-order valence-corrected chi connectivity index (χ0v) is 16.2. The Morgan fingerprint density at radius 1 is 1.46 bits per heavy atom. The summed E-state index contributed by atoms with van der Waals surface area (Å²) in [6, 6.07) is 0.527. The summed E-state index contributed by atoms with van der Waals surface area (Å²) in [6.45, 7) is 16.7. The molecular weight excluding hydrogens is 296 g/mol. The van der Waals surface area contributed by atoms with Crippen LogP contribution in [0.4, 0.5) is 0 Å². The van der Waals surface area contributed by atoms with Gasteiger partial charge in [0.2, 0.25) is 0 Å². The minimum Gasteiger partial charge on any atom is -0.372 e. The van der Waals surface area contributed by atoms with Crippen LogP contribution in [0.2, 0.25) is 0 Å². The monoisotopic (exact) mass is 330 g/mol. The van der Waals surface area contributed by atoms with Crippen molar-refractivity contribution in [2.24, 2.45) is 16.8 Å². The van der Waals surface area contributed by atoms with Crippen molar-refractivity contribution in [3.63, 3.8) is 0 Å². The van der Waals surface area contributed by atoms with Crippen LogP contribution in [-0.2, 0) is 0 Å². The highest BCUT2D eigenvalue weighted by Gasteiger charge is 2.28. The van der Waals surface area contributed by atoms with Gasteiger partial charge in [-0.15, -0.1) is 0 Å². The van der Waals surface area contributed by atoms with E-state index in [1.165, 1.54) is 16.8 Å². The SMILES string of the molecule is CC/C=C/NC1=NC=C(C(C)C(C)C)/C1=C(/C)N1CCNC(C)C1. The Hall–Kier alpha value is -1.55. The van der Waals surface area contributed by atoms with Gasteiger partial charge in [0.25, 0.3) is 0 Å². The van der Waals surface area contributed by atoms with Crippen LogP contribution in [0.3, 0.4) is 0 Å². The van der Waals surface area contributed by atoms with E-state index in [2.05, 4.69) is 69.4 Å². The van der Waals surface area contributed by atoms with Gasteiger partial charge in [0, 0.05) is 43.1 Å². The Labute approximate surface area is 147 Å². The lowest BCUT2D eigenvalue weighted by atomic mass is 9.85. The minimum absolute atomic E-state index is 0.494. The second-order valence-electron chi connectivity index (χ2n) is 7.31. The standard InChI is InChI=1S/C20H34N4/c1-7-8-9-22-20-19(18(12-23-20)16(5)14(2)3)17(6)24-11-10-21-15(4)13-24/h8-9,12,14-16,21H,7,10-11,13H2,1-6H3,(H,22,23)/b9-8+,19-17+. The predicted octanol–water partition coefficient (Wildman–Crippen LogP) is 3.66. The normalized spacial score (nSPS) is 25.1. The van der Waals surface area contributed by atoms with Crippen molar-refractivity contribution >= 4 is 5.84 Å². The van der Waals surface area contributed by atoms with E-state index in [4.69, 9.17) is 4.99 Å². The van der Waals surface area contributed by atoms with E-state index in [1.807, 2.05) is 6.20 Å². The number of hydrogen-bond donors (Lipinski definition) is 2. The van der Waals surface area contributed by atoms with Gasteiger partial charge in [0.15, 0.2) is 0 Å². The summed E-state index contributed by atoms with van der Waals surface area (Å²) in [5.74, 6) is 2.08. The Morgan fingerprint density at radius 3 is 2.83 bits per heavy atom. The molecule has 4 nitrogen and oxygen atoms in total. The largest absolute Gasteiger partial charge is 0.372 e. The molecule has 2 heterocycles. The van der Waals surface area contributed by atoms with Crippen LogP contribution in [0.5, 0.6) is 0 Å². The number of amidine groups is 1. The second-order valence-corrected chi connectivity index (χ2v) is 7.31. The zero-order valence-electron chi connectivity index (χ0n) is 16.2. The molecule has 0 aromatic carbocycles. The van der Waals surface area contributed by atoms with Crippen LogP contribution in [-0.4, -0.2) is 36.4 Å². The highest BCUT2D eigenvalue weighted by atomic mass is 15.2. The molecule has 2 unspecified atom stereocenters. The van der Waals surface area contributed by atoms with Gasteiger partial charge in [-0.3, -0.25) is 0 Å². The van der Waals surface area contributed by atoms with Crippen molar-refractivity contribution in [3.05, 3.63) is 35.3 Å². The Morgan fingerprint density at radius 2 is 2.21 bits per heavy atom. The first-order valence-electron chi connectivity index (χ1n) is 9.35. The van der Waals surface area contributed by atoms with Crippen molar-refractivity contribution in [3.8, 4) is 0 Å². The molecule has 0 saturated carbocycles. The molecule has 0 spiro atoms. The quantitative estimate of drug-likeness (QED) is 0.808. The molecule has 0 aromatic heterocycles. The third-order valence-electron chi connectivity index (χ3n) is 5.13. The molecule has 24 heavy (non-hydrogen) atoms. The van der Waals surface area contributed by atoms with Crippen LogP contribution in [0.25, 0.3) is 0 Å². The van der Waals surface area contributed by atoms with Crippen molar-refractivity contribution in [1.29, 1.82) is 0 Å². The maximum absolute atomic E-state index is 4.70. The summed E-state index contributed by atoms with van der Waals surface area (Å²) in [5.41, 5.74) is 4.00. The van der Waals surface area contributed by atoms with Crippen molar-refractivity contribution in [2.75, 3.05) is 19.6 Å². The molecule has 0 radical (unpaired) electrons. The van der Waals surface area contributed by atoms with Crippen LogP contribution >= 0.6 is 0 Å². The van der Waals surface area contributed by atoms with Gasteiger partial charge in [-0.1, -0.05) is 33.8 Å². The number of nitrogens with zero attached hydrogens (tertiary/aromatic N) is 2. The Bertz CT molecular complexity index is 554. The Kier molecular flexibility index (Phi) is 6.67. The lowest BCUT2D eigenvalue weighted by Crippen LogP contribution is -2.48. The molecule has 0 bridgehead atoms. The first kappa shape index (κ1) is 18.8. The topological polar surface area (TPSA) is 39.7 Å². The summed E-state index contributed by atoms with van der Waals surface area (Å²) < 4.78 is 0. The van der Waals surface area contributed by atoms with Crippen molar-refractivity contribution < 1.29 is 0 Å². The van der Waals surface area contributed by atoms with E-state index >= 15 is 0 Å². The van der Waals surface area contributed by atoms with E-state index in [0.717, 1.165) is 31.9 Å². The first-order valence-corrected chi connectivity index (χ1v) is 9.35. The van der Waals surface area contributed by atoms with Gasteiger partial charge in [-0.05, 0) is 43.9 Å². The van der Waals surface area contributed by atoms with E-state index < -0.39 is 0 Å². The predicted molar refractivity (Wildman–Crippen MR) is 104 cm³/mol. The third kappa shape index (κ3) is 4.29. The molecule has 2 N–H and O–H groups in total. The summed E-state index contributed by atoms with van der Waals surface area (Å²) in [7, 11) is 0. The number of nitrogens with one attached hydrogen (secondary N) is 2. The molecule has 2 aliphatic rings. The van der Waals surface area contributed by atoms with Gasteiger partial charge in [0.1, 0.15) is 5.84 Å². The molecule has 1 fully saturated rings. The summed E-state index contributed by atoms with van der Waals surface area (Å²) in [5, 5.41) is 6.93. The number of allylic oxidation sites excluding steroid dienone is 2. The summed E-state index contributed by atoms with van der Waals surface area (Å²) in [4.78, 5) is 7.20. The van der Waals surface area contributed by atoms with Crippen LogP contribution < -0.4 is 10.6 Å². The van der Waals surface area contributed by atoms with Crippen molar-refractivity contribution in [1.82, 2.24) is 15.5 Å². The van der Waals surface area contributed by atoms with Crippen LogP contribution in [0, 0.1) is 11.8 Å². The Balaban J connectivity index is 2.31. The molecule has 2 aliphatic heterocycles. The lowest BCUT2D eigenvalue weighted by Gasteiger charge is -2.36. The average molecular weight is 331 g/mol. The molecule has 2 rings (SSSR count). The molecule has 0 amide bonds. The molecule has 2 atom stereocenters. The number of hydrogen-bond acceptors (Lipinski definition) is 4. The molecular formula is C20H34N4. The van der Waals surface area contributed by atoms with E-state index in [1.54, 1.807) is 0 Å². The lowest BCUT2D eigenvalue weighted by molar-refractivity contribution is 0.255. The minimum atomic E-state index is 0.494. The molecule has 134 valence electrons. The average Bonchev–Trinajstić information content (AvgIpc) is 2.97. The van der Waals surface area contributed by atoms with E-state index in [-0.39, 0.29) is 0 Å². The third-order valence-corrected chi connectivity index (χ3v) is 5.13. The molecule has 1 saturated heterocycles. The number of aliphatic imine (C=N–C) groups is 1. The van der Waals surface area contributed by atoms with E-state index in [9.17, 15) is 0 Å². The number of piperazine rings is 1. The summed E-state index contributed by atoms with van der Waals surface area (Å²) in [6.07, 6.45) is 7.24. The maximum Gasteiger partial charge on any atom is 0.139 e.